The Bertz CT molecular complexity index is 274. The Morgan fingerprint density at radius 2 is 1.94 bits per heavy atom. The maximum Gasteiger partial charge on any atom is 0.213 e. The molecule has 1 rings (SSSR count). The van der Waals surface area contributed by atoms with Crippen molar-refractivity contribution in [2.75, 3.05) is 32.1 Å². The van der Waals surface area contributed by atoms with Gasteiger partial charge in [0.1, 0.15) is 0 Å². The van der Waals surface area contributed by atoms with Crippen LogP contribution < -0.4 is 10.0 Å². The first-order valence-corrected chi connectivity index (χ1v) is 7.58. The molecule has 5 nitrogen and oxygen atoms in total. The van der Waals surface area contributed by atoms with Gasteiger partial charge in [-0.3, -0.25) is 0 Å². The van der Waals surface area contributed by atoms with E-state index in [2.05, 4.69) is 17.0 Å². The molecule has 16 heavy (non-hydrogen) atoms. The molecule has 1 aliphatic heterocycles. The van der Waals surface area contributed by atoms with E-state index in [0.29, 0.717) is 19.8 Å². The molecular formula is C10H22N2O3S. The van der Waals surface area contributed by atoms with Crippen LogP contribution in [0.3, 0.4) is 0 Å². The van der Waals surface area contributed by atoms with Crippen LogP contribution in [0.1, 0.15) is 26.2 Å². The Hall–Kier alpha value is -0.170. The maximum absolute atomic E-state index is 11.7. The van der Waals surface area contributed by atoms with Gasteiger partial charge in [-0.2, -0.15) is 0 Å². The van der Waals surface area contributed by atoms with E-state index in [4.69, 9.17) is 4.74 Å². The summed E-state index contributed by atoms with van der Waals surface area (Å²) in [4.78, 5) is 0. The summed E-state index contributed by atoms with van der Waals surface area (Å²) < 4.78 is 31.2. The molecule has 6 heteroatoms. The summed E-state index contributed by atoms with van der Waals surface area (Å²) in [5, 5.41) is 3.08. The van der Waals surface area contributed by atoms with Gasteiger partial charge in [-0.1, -0.05) is 6.92 Å². The van der Waals surface area contributed by atoms with Crippen molar-refractivity contribution in [3.63, 3.8) is 0 Å². The quantitative estimate of drug-likeness (QED) is 0.628. The van der Waals surface area contributed by atoms with E-state index in [1.54, 1.807) is 0 Å². The summed E-state index contributed by atoms with van der Waals surface area (Å²) in [5.74, 6) is 0.157. The van der Waals surface area contributed by atoms with Crippen molar-refractivity contribution in [2.45, 2.75) is 32.2 Å². The second kappa shape index (κ2) is 7.21. The smallest absolute Gasteiger partial charge is 0.213 e. The molecule has 0 unspecified atom stereocenters. The van der Waals surface area contributed by atoms with E-state index in [9.17, 15) is 8.42 Å². The Morgan fingerprint density at radius 1 is 1.25 bits per heavy atom. The number of nitrogens with one attached hydrogen (secondary N) is 2. The van der Waals surface area contributed by atoms with E-state index in [0.717, 1.165) is 25.8 Å². The van der Waals surface area contributed by atoms with Crippen molar-refractivity contribution in [1.82, 2.24) is 10.0 Å². The molecule has 0 aromatic rings. The zero-order chi connectivity index (χ0) is 11.9. The molecule has 0 amide bonds. The second-order valence-corrected chi connectivity index (χ2v) is 5.95. The van der Waals surface area contributed by atoms with E-state index in [-0.39, 0.29) is 11.8 Å². The minimum Gasteiger partial charge on any atom is -0.381 e. The summed E-state index contributed by atoms with van der Waals surface area (Å²) >= 11 is 0. The molecular weight excluding hydrogens is 228 g/mol. The van der Waals surface area contributed by atoms with Gasteiger partial charge in [0.05, 0.1) is 5.75 Å². The zero-order valence-electron chi connectivity index (χ0n) is 9.87. The van der Waals surface area contributed by atoms with Crippen LogP contribution in [0, 0.1) is 0 Å². The van der Waals surface area contributed by atoms with Crippen LogP contribution >= 0.6 is 0 Å². The van der Waals surface area contributed by atoms with Crippen LogP contribution in [0.4, 0.5) is 0 Å². The van der Waals surface area contributed by atoms with Crippen LogP contribution in [0.15, 0.2) is 0 Å². The molecule has 0 aromatic heterocycles. The fraction of sp³-hybridized carbons (Fsp3) is 1.00. The molecule has 0 aliphatic carbocycles. The lowest BCUT2D eigenvalue weighted by atomic mass is 10.1. The monoisotopic (exact) mass is 250 g/mol. The van der Waals surface area contributed by atoms with Crippen LogP contribution in [0.2, 0.25) is 0 Å². The summed E-state index contributed by atoms with van der Waals surface area (Å²) in [7, 11) is -3.13. The van der Waals surface area contributed by atoms with Crippen molar-refractivity contribution < 1.29 is 13.2 Å². The van der Waals surface area contributed by atoms with Crippen molar-refractivity contribution in [1.29, 1.82) is 0 Å². The molecule has 2 N–H and O–H groups in total. The molecule has 1 aliphatic rings. The average molecular weight is 250 g/mol. The van der Waals surface area contributed by atoms with Crippen LogP contribution in [0.25, 0.3) is 0 Å². The summed E-state index contributed by atoms with van der Waals surface area (Å²) in [6, 6.07) is 0.0601. The van der Waals surface area contributed by atoms with E-state index in [1.807, 2.05) is 0 Å². The van der Waals surface area contributed by atoms with Gasteiger partial charge >= 0.3 is 0 Å². The van der Waals surface area contributed by atoms with Gasteiger partial charge in [0.25, 0.3) is 0 Å². The third-order valence-corrected chi connectivity index (χ3v) is 3.98. The predicted octanol–water partition coefficient (Wildman–Crippen LogP) is 0.0844. The summed E-state index contributed by atoms with van der Waals surface area (Å²) in [5.41, 5.74) is 0. The standard InChI is InChI=1S/C10H22N2O3S/c1-2-5-11-6-9-16(13,14)12-10-3-7-15-8-4-10/h10-12H,2-9H2,1H3. The Labute approximate surface area is 98.0 Å². The SMILES string of the molecule is CCCNCCS(=O)(=O)NC1CCOCC1. The first-order valence-electron chi connectivity index (χ1n) is 5.92. The highest BCUT2D eigenvalue weighted by Crippen LogP contribution is 2.07. The highest BCUT2D eigenvalue weighted by molar-refractivity contribution is 7.89. The first-order chi connectivity index (χ1) is 7.64. The molecule has 1 heterocycles. The first kappa shape index (κ1) is 13.9. The van der Waals surface area contributed by atoms with Gasteiger partial charge in [0.2, 0.25) is 10.0 Å². The topological polar surface area (TPSA) is 67.4 Å². The third kappa shape index (κ3) is 5.79. The molecule has 96 valence electrons. The van der Waals surface area contributed by atoms with Crippen LogP contribution in [0.5, 0.6) is 0 Å². The number of hydrogen-bond donors (Lipinski definition) is 2. The molecule has 0 spiro atoms. The maximum atomic E-state index is 11.7. The Morgan fingerprint density at radius 3 is 2.56 bits per heavy atom. The fourth-order valence-electron chi connectivity index (χ4n) is 1.64. The van der Waals surface area contributed by atoms with E-state index >= 15 is 0 Å². The minimum absolute atomic E-state index is 0.0601. The van der Waals surface area contributed by atoms with Crippen molar-refractivity contribution >= 4 is 10.0 Å². The van der Waals surface area contributed by atoms with Crippen molar-refractivity contribution in [3.05, 3.63) is 0 Å². The van der Waals surface area contributed by atoms with Crippen LogP contribution in [-0.4, -0.2) is 46.5 Å². The van der Waals surface area contributed by atoms with Gasteiger partial charge in [-0.15, -0.1) is 0 Å². The summed E-state index contributed by atoms with van der Waals surface area (Å²) in [6.45, 7) is 4.75. The normalized spacial score (nSPS) is 18.8. The van der Waals surface area contributed by atoms with Crippen molar-refractivity contribution in [3.8, 4) is 0 Å². The van der Waals surface area contributed by atoms with Gasteiger partial charge in [0.15, 0.2) is 0 Å². The third-order valence-electron chi connectivity index (χ3n) is 2.54. The van der Waals surface area contributed by atoms with E-state index < -0.39 is 10.0 Å². The summed E-state index contributed by atoms with van der Waals surface area (Å²) in [6.07, 6.45) is 2.58. The molecule has 0 bridgehead atoms. The zero-order valence-corrected chi connectivity index (χ0v) is 10.7. The minimum atomic E-state index is -3.13. The lowest BCUT2D eigenvalue weighted by molar-refractivity contribution is 0.0832. The molecule has 0 saturated carbocycles. The molecule has 0 atom stereocenters. The van der Waals surface area contributed by atoms with E-state index in [1.165, 1.54) is 0 Å². The predicted molar refractivity (Wildman–Crippen MR) is 63.9 cm³/mol. The molecule has 1 fully saturated rings. The van der Waals surface area contributed by atoms with Crippen molar-refractivity contribution in [2.24, 2.45) is 0 Å². The van der Waals surface area contributed by atoms with Gasteiger partial charge < -0.3 is 10.1 Å². The van der Waals surface area contributed by atoms with Crippen LogP contribution in [-0.2, 0) is 14.8 Å². The number of hydrogen-bond acceptors (Lipinski definition) is 4. The largest absolute Gasteiger partial charge is 0.381 e. The number of rotatable bonds is 7. The second-order valence-electron chi connectivity index (χ2n) is 4.07. The Kier molecular flexibility index (Phi) is 6.26. The van der Waals surface area contributed by atoms with Gasteiger partial charge in [-0.05, 0) is 25.8 Å². The van der Waals surface area contributed by atoms with Gasteiger partial charge in [-0.25, -0.2) is 13.1 Å². The lowest BCUT2D eigenvalue weighted by Gasteiger charge is -2.22. The molecule has 0 aromatic carbocycles. The molecule has 0 radical (unpaired) electrons. The Balaban J connectivity index is 2.22. The number of ether oxygens (including phenoxy) is 1. The molecule has 1 saturated heterocycles. The number of sulfonamides is 1. The fourth-order valence-corrected chi connectivity index (χ4v) is 2.91. The van der Waals surface area contributed by atoms with Gasteiger partial charge in [0, 0.05) is 25.8 Å². The average Bonchev–Trinajstić information content (AvgIpc) is 2.25. The lowest BCUT2D eigenvalue weighted by Crippen LogP contribution is -2.41. The highest BCUT2D eigenvalue weighted by atomic mass is 32.2. The highest BCUT2D eigenvalue weighted by Gasteiger charge is 2.19.